The van der Waals surface area contributed by atoms with Crippen molar-refractivity contribution in [2.45, 2.75) is 0 Å². The number of hydrogen-bond donors (Lipinski definition) is 0. The molecule has 5 heteroatoms. The van der Waals surface area contributed by atoms with Crippen LogP contribution in [-0.2, 0) is 4.74 Å². The minimum atomic E-state index is -0.477. The molecule has 18 heavy (non-hydrogen) atoms. The molecule has 0 saturated carbocycles. The van der Waals surface area contributed by atoms with Gasteiger partial charge in [-0.3, -0.25) is 0 Å². The van der Waals surface area contributed by atoms with Crippen molar-refractivity contribution in [1.29, 1.82) is 0 Å². The first-order valence-corrected chi connectivity index (χ1v) is 5.30. The molecule has 0 spiro atoms. The van der Waals surface area contributed by atoms with E-state index in [-0.39, 0.29) is 0 Å². The van der Waals surface area contributed by atoms with Gasteiger partial charge in [0, 0.05) is 18.0 Å². The van der Waals surface area contributed by atoms with Crippen LogP contribution in [0, 0.1) is 0 Å². The van der Waals surface area contributed by atoms with Gasteiger partial charge in [0.15, 0.2) is 5.82 Å². The van der Waals surface area contributed by atoms with E-state index < -0.39 is 5.97 Å². The van der Waals surface area contributed by atoms with Crippen LogP contribution in [0.3, 0.4) is 0 Å². The van der Waals surface area contributed by atoms with Gasteiger partial charge < -0.3 is 9.47 Å². The fourth-order valence-electron chi connectivity index (χ4n) is 1.64. The zero-order valence-corrected chi connectivity index (χ0v) is 10.1. The molecule has 1 aromatic heterocycles. The number of carbonyl (C=O) groups excluding carboxylic acids is 1. The van der Waals surface area contributed by atoms with Gasteiger partial charge in [-0.15, -0.1) is 0 Å². The van der Waals surface area contributed by atoms with E-state index in [2.05, 4.69) is 9.97 Å². The van der Waals surface area contributed by atoms with Crippen molar-refractivity contribution in [1.82, 2.24) is 9.97 Å². The van der Waals surface area contributed by atoms with Crippen LogP contribution in [0.25, 0.3) is 11.4 Å². The normalized spacial score (nSPS) is 9.89. The molecule has 1 aromatic carbocycles. The lowest BCUT2D eigenvalue weighted by Gasteiger charge is -2.10. The Bertz CT molecular complexity index is 555. The van der Waals surface area contributed by atoms with Gasteiger partial charge in [0.2, 0.25) is 0 Å². The highest BCUT2D eigenvalue weighted by atomic mass is 16.5. The molecule has 2 aromatic rings. The van der Waals surface area contributed by atoms with E-state index in [1.165, 1.54) is 14.2 Å². The third-order valence-electron chi connectivity index (χ3n) is 2.44. The standard InChI is InChI=1S/C13H12N2O3/c1-17-10-6-3-5-9(11(10)13(16)18-2)12-14-7-4-8-15-12/h3-8H,1-2H3. The van der Waals surface area contributed by atoms with Crippen LogP contribution in [0.1, 0.15) is 10.4 Å². The van der Waals surface area contributed by atoms with Gasteiger partial charge in [0.25, 0.3) is 0 Å². The summed E-state index contributed by atoms with van der Waals surface area (Å²) in [6.45, 7) is 0. The Labute approximate surface area is 104 Å². The fourth-order valence-corrected chi connectivity index (χ4v) is 1.64. The maximum Gasteiger partial charge on any atom is 0.342 e. The molecule has 0 fully saturated rings. The van der Waals surface area contributed by atoms with E-state index in [0.29, 0.717) is 22.7 Å². The first-order chi connectivity index (χ1) is 8.77. The van der Waals surface area contributed by atoms with Crippen LogP contribution < -0.4 is 4.74 Å². The maximum atomic E-state index is 11.8. The molecule has 0 aliphatic heterocycles. The van der Waals surface area contributed by atoms with Crippen LogP contribution in [0.2, 0.25) is 0 Å². The first kappa shape index (κ1) is 12.0. The average molecular weight is 244 g/mol. The molecule has 0 amide bonds. The molecule has 0 unspecified atom stereocenters. The Morgan fingerprint density at radius 1 is 1.11 bits per heavy atom. The minimum Gasteiger partial charge on any atom is -0.496 e. The smallest absolute Gasteiger partial charge is 0.342 e. The summed E-state index contributed by atoms with van der Waals surface area (Å²) in [4.78, 5) is 20.1. The van der Waals surface area contributed by atoms with Gasteiger partial charge in [-0.2, -0.15) is 0 Å². The molecule has 0 N–H and O–H groups in total. The molecule has 0 saturated heterocycles. The van der Waals surface area contributed by atoms with E-state index in [1.807, 2.05) is 0 Å². The van der Waals surface area contributed by atoms with Crippen molar-refractivity contribution in [3.8, 4) is 17.1 Å². The number of carbonyl (C=O) groups is 1. The summed E-state index contributed by atoms with van der Waals surface area (Å²) < 4.78 is 9.94. The van der Waals surface area contributed by atoms with Crippen molar-refractivity contribution in [2.75, 3.05) is 14.2 Å². The highest BCUT2D eigenvalue weighted by molar-refractivity contribution is 5.99. The Kier molecular flexibility index (Phi) is 3.52. The van der Waals surface area contributed by atoms with Crippen LogP contribution >= 0.6 is 0 Å². The second-order valence-corrected chi connectivity index (χ2v) is 3.45. The van der Waals surface area contributed by atoms with Gasteiger partial charge >= 0.3 is 5.97 Å². The Hall–Kier alpha value is -2.43. The van der Waals surface area contributed by atoms with Crippen LogP contribution in [-0.4, -0.2) is 30.2 Å². The summed E-state index contributed by atoms with van der Waals surface area (Å²) in [7, 11) is 2.82. The van der Waals surface area contributed by atoms with Gasteiger partial charge in [0.05, 0.1) is 14.2 Å². The Morgan fingerprint density at radius 3 is 2.44 bits per heavy atom. The molecule has 2 rings (SSSR count). The molecule has 0 radical (unpaired) electrons. The molecule has 0 aliphatic carbocycles. The van der Waals surface area contributed by atoms with Crippen molar-refractivity contribution in [3.63, 3.8) is 0 Å². The lowest BCUT2D eigenvalue weighted by atomic mass is 10.1. The van der Waals surface area contributed by atoms with Gasteiger partial charge in [-0.1, -0.05) is 12.1 Å². The van der Waals surface area contributed by atoms with E-state index in [0.717, 1.165) is 0 Å². The Balaban J connectivity index is 2.64. The third-order valence-corrected chi connectivity index (χ3v) is 2.44. The number of hydrogen-bond acceptors (Lipinski definition) is 5. The summed E-state index contributed by atoms with van der Waals surface area (Å²) in [5.41, 5.74) is 0.913. The van der Waals surface area contributed by atoms with Crippen molar-refractivity contribution in [2.24, 2.45) is 0 Å². The zero-order valence-electron chi connectivity index (χ0n) is 10.1. The van der Waals surface area contributed by atoms with Crippen LogP contribution in [0.5, 0.6) is 5.75 Å². The first-order valence-electron chi connectivity index (χ1n) is 5.30. The van der Waals surface area contributed by atoms with E-state index >= 15 is 0 Å². The van der Waals surface area contributed by atoms with Crippen LogP contribution in [0.15, 0.2) is 36.7 Å². The number of ether oxygens (including phenoxy) is 2. The number of methoxy groups -OCH3 is 2. The van der Waals surface area contributed by atoms with Crippen LogP contribution in [0.4, 0.5) is 0 Å². The summed E-state index contributed by atoms with van der Waals surface area (Å²) in [5, 5.41) is 0. The summed E-state index contributed by atoms with van der Waals surface area (Å²) >= 11 is 0. The predicted octanol–water partition coefficient (Wildman–Crippen LogP) is 1.94. The van der Waals surface area contributed by atoms with Gasteiger partial charge in [-0.25, -0.2) is 14.8 Å². The third kappa shape index (κ3) is 2.15. The number of rotatable bonds is 3. The zero-order chi connectivity index (χ0) is 13.0. The lowest BCUT2D eigenvalue weighted by molar-refractivity contribution is 0.0598. The number of benzene rings is 1. The van der Waals surface area contributed by atoms with Gasteiger partial charge in [0.1, 0.15) is 11.3 Å². The molecule has 0 atom stereocenters. The average Bonchev–Trinajstić information content (AvgIpc) is 2.46. The predicted molar refractivity (Wildman–Crippen MR) is 65.4 cm³/mol. The highest BCUT2D eigenvalue weighted by Gasteiger charge is 2.19. The SMILES string of the molecule is COC(=O)c1c(OC)cccc1-c1ncccn1. The molecule has 0 bridgehead atoms. The molecule has 1 heterocycles. The van der Waals surface area contributed by atoms with Crippen molar-refractivity contribution in [3.05, 3.63) is 42.2 Å². The summed E-state index contributed by atoms with van der Waals surface area (Å²) in [5.74, 6) is 0.415. The quantitative estimate of drug-likeness (QED) is 0.772. The van der Waals surface area contributed by atoms with E-state index in [9.17, 15) is 4.79 Å². The lowest BCUT2D eigenvalue weighted by Crippen LogP contribution is -2.07. The monoisotopic (exact) mass is 244 g/mol. The van der Waals surface area contributed by atoms with Crippen molar-refractivity contribution < 1.29 is 14.3 Å². The molecule has 5 nitrogen and oxygen atoms in total. The maximum absolute atomic E-state index is 11.8. The van der Waals surface area contributed by atoms with E-state index in [4.69, 9.17) is 9.47 Å². The fraction of sp³-hybridized carbons (Fsp3) is 0.154. The molecule has 92 valence electrons. The summed E-state index contributed by atoms with van der Waals surface area (Å²) in [6.07, 6.45) is 3.23. The number of esters is 1. The summed E-state index contributed by atoms with van der Waals surface area (Å²) in [6, 6.07) is 6.93. The Morgan fingerprint density at radius 2 is 1.83 bits per heavy atom. The van der Waals surface area contributed by atoms with Gasteiger partial charge in [-0.05, 0) is 12.1 Å². The highest BCUT2D eigenvalue weighted by Crippen LogP contribution is 2.28. The number of aromatic nitrogens is 2. The molecular formula is C13H12N2O3. The number of nitrogens with zero attached hydrogens (tertiary/aromatic N) is 2. The topological polar surface area (TPSA) is 61.3 Å². The minimum absolute atomic E-state index is 0.328. The second-order valence-electron chi connectivity index (χ2n) is 3.45. The largest absolute Gasteiger partial charge is 0.496 e. The van der Waals surface area contributed by atoms with E-state index in [1.54, 1.807) is 36.7 Å². The second kappa shape index (κ2) is 5.27. The molecular weight excluding hydrogens is 232 g/mol. The molecule has 0 aliphatic rings. The van der Waals surface area contributed by atoms with Crippen molar-refractivity contribution >= 4 is 5.97 Å².